The second-order valence-corrected chi connectivity index (χ2v) is 6.53. The van der Waals surface area contributed by atoms with Gasteiger partial charge in [-0.05, 0) is 30.4 Å². The fourth-order valence-electron chi connectivity index (χ4n) is 3.21. The molecule has 6 heteroatoms. The van der Waals surface area contributed by atoms with Gasteiger partial charge in [0.15, 0.2) is 6.61 Å². The molecule has 2 rings (SSSR count). The van der Waals surface area contributed by atoms with Crippen molar-refractivity contribution in [3.8, 4) is 5.75 Å². The fraction of sp³-hybridized carbons (Fsp3) is 0.579. The zero-order valence-electron chi connectivity index (χ0n) is 15.1. The zero-order chi connectivity index (χ0) is 18.4. The van der Waals surface area contributed by atoms with Gasteiger partial charge in [-0.1, -0.05) is 32.0 Å². The molecule has 1 heterocycles. The van der Waals surface area contributed by atoms with Gasteiger partial charge in [-0.25, -0.2) is 0 Å². The van der Waals surface area contributed by atoms with Crippen molar-refractivity contribution in [2.24, 2.45) is 0 Å². The highest BCUT2D eigenvalue weighted by molar-refractivity contribution is 5.79. The average Bonchev–Trinajstić information content (AvgIpc) is 3.01. The van der Waals surface area contributed by atoms with Crippen molar-refractivity contribution in [3.63, 3.8) is 0 Å². The topological polar surface area (TPSA) is 76.1 Å². The highest BCUT2D eigenvalue weighted by Gasteiger charge is 2.36. The Morgan fingerprint density at radius 3 is 2.72 bits per heavy atom. The normalized spacial score (nSPS) is 21.2. The van der Waals surface area contributed by atoms with Crippen molar-refractivity contribution in [1.82, 2.24) is 4.90 Å². The minimum atomic E-state index is -0.914. The summed E-state index contributed by atoms with van der Waals surface area (Å²) in [7, 11) is 1.58. The monoisotopic (exact) mass is 349 g/mol. The molecule has 138 valence electrons. The van der Waals surface area contributed by atoms with E-state index < -0.39 is 5.97 Å². The van der Waals surface area contributed by atoms with E-state index in [0.29, 0.717) is 24.6 Å². The summed E-state index contributed by atoms with van der Waals surface area (Å²) in [6.45, 7) is 4.54. The summed E-state index contributed by atoms with van der Waals surface area (Å²) in [5.74, 6) is -0.0643. The van der Waals surface area contributed by atoms with Gasteiger partial charge in [0.05, 0.1) is 12.5 Å². The lowest BCUT2D eigenvalue weighted by molar-refractivity contribution is -0.140. The summed E-state index contributed by atoms with van der Waals surface area (Å²) in [5.41, 5.74) is 1.08. The number of rotatable bonds is 8. The maximum absolute atomic E-state index is 12.6. The van der Waals surface area contributed by atoms with E-state index in [-0.39, 0.29) is 31.1 Å². The molecule has 6 nitrogen and oxygen atoms in total. The molecular weight excluding hydrogens is 322 g/mol. The highest BCUT2D eigenvalue weighted by Crippen LogP contribution is 2.29. The molecule has 1 N–H and O–H groups in total. The van der Waals surface area contributed by atoms with Crippen LogP contribution >= 0.6 is 0 Å². The van der Waals surface area contributed by atoms with Crippen molar-refractivity contribution < 1.29 is 24.2 Å². The number of methoxy groups -OCH3 is 1. The van der Waals surface area contributed by atoms with Crippen LogP contribution in [-0.2, 0) is 14.3 Å². The van der Waals surface area contributed by atoms with Crippen LogP contribution in [0, 0.1) is 0 Å². The van der Waals surface area contributed by atoms with Crippen LogP contribution in [0.3, 0.4) is 0 Å². The molecular formula is C19H27NO5. The molecule has 1 aromatic carbocycles. The van der Waals surface area contributed by atoms with Gasteiger partial charge in [0.1, 0.15) is 5.75 Å². The van der Waals surface area contributed by atoms with Gasteiger partial charge in [-0.2, -0.15) is 0 Å². The van der Waals surface area contributed by atoms with E-state index in [2.05, 4.69) is 13.8 Å². The van der Waals surface area contributed by atoms with Gasteiger partial charge in [0.2, 0.25) is 0 Å². The number of carboxylic acids is 1. The average molecular weight is 349 g/mol. The molecule has 3 atom stereocenters. The first-order chi connectivity index (χ1) is 12.0. The van der Waals surface area contributed by atoms with E-state index >= 15 is 0 Å². The van der Waals surface area contributed by atoms with E-state index in [4.69, 9.17) is 14.6 Å². The number of carboxylic acid groups (broad SMARTS) is 1. The Morgan fingerprint density at radius 1 is 1.36 bits per heavy atom. The molecule has 0 saturated carbocycles. The van der Waals surface area contributed by atoms with Gasteiger partial charge in [-0.3, -0.25) is 9.59 Å². The minimum absolute atomic E-state index is 0.0743. The summed E-state index contributed by atoms with van der Waals surface area (Å²) in [6.07, 6.45) is 1.32. The summed E-state index contributed by atoms with van der Waals surface area (Å²) in [6, 6.07) is 7.38. The van der Waals surface area contributed by atoms with E-state index in [1.165, 1.54) is 0 Å². The molecule has 0 radical (unpaired) electrons. The van der Waals surface area contributed by atoms with Crippen molar-refractivity contribution >= 4 is 11.9 Å². The van der Waals surface area contributed by atoms with Gasteiger partial charge in [-0.15, -0.1) is 0 Å². The summed E-state index contributed by atoms with van der Waals surface area (Å²) < 4.78 is 11.1. The quantitative estimate of drug-likeness (QED) is 0.781. The molecule has 0 bridgehead atoms. The molecule has 3 unspecified atom stereocenters. The van der Waals surface area contributed by atoms with Crippen LogP contribution in [-0.4, -0.2) is 54.3 Å². The second-order valence-electron chi connectivity index (χ2n) is 6.53. The highest BCUT2D eigenvalue weighted by atomic mass is 16.5. The lowest BCUT2D eigenvalue weighted by Gasteiger charge is -2.24. The maximum Gasteiger partial charge on any atom is 0.305 e. The minimum Gasteiger partial charge on any atom is -0.483 e. The lowest BCUT2D eigenvalue weighted by atomic mass is 9.98. The Bertz CT molecular complexity index is 603. The van der Waals surface area contributed by atoms with Crippen molar-refractivity contribution in [3.05, 3.63) is 29.8 Å². The maximum atomic E-state index is 12.6. The van der Waals surface area contributed by atoms with E-state index in [9.17, 15) is 9.59 Å². The smallest absolute Gasteiger partial charge is 0.305 e. The molecule has 0 aliphatic carbocycles. The number of hydrogen-bond donors (Lipinski definition) is 1. The van der Waals surface area contributed by atoms with E-state index in [0.717, 1.165) is 12.0 Å². The van der Waals surface area contributed by atoms with Crippen molar-refractivity contribution in [2.45, 2.75) is 51.2 Å². The van der Waals surface area contributed by atoms with E-state index in [1.807, 2.05) is 24.3 Å². The number of likely N-dealkylation sites (tertiary alicyclic amines) is 1. The number of benzene rings is 1. The Morgan fingerprint density at radius 2 is 2.08 bits per heavy atom. The third-order valence-electron chi connectivity index (χ3n) is 4.85. The first-order valence-electron chi connectivity index (χ1n) is 8.72. The summed E-state index contributed by atoms with van der Waals surface area (Å²) in [5, 5.41) is 9.05. The molecule has 1 aliphatic rings. The predicted molar refractivity (Wildman–Crippen MR) is 93.8 cm³/mol. The molecule has 1 aliphatic heterocycles. The lowest BCUT2D eigenvalue weighted by Crippen LogP contribution is -2.40. The predicted octanol–water partition coefficient (Wildman–Crippen LogP) is 2.67. The summed E-state index contributed by atoms with van der Waals surface area (Å²) >= 11 is 0. The number of ether oxygens (including phenoxy) is 2. The van der Waals surface area contributed by atoms with Crippen LogP contribution in [0.1, 0.15) is 44.6 Å². The third-order valence-corrected chi connectivity index (χ3v) is 4.85. The largest absolute Gasteiger partial charge is 0.483 e. The van der Waals surface area contributed by atoms with Gasteiger partial charge in [0, 0.05) is 19.7 Å². The SMILES string of the molecule is CCC(C)c1ccccc1OCC(=O)N1CC(OC)CC1CC(=O)O. The molecule has 25 heavy (non-hydrogen) atoms. The standard InChI is InChI=1S/C19H27NO5/c1-4-13(2)16-7-5-6-8-17(16)25-12-18(21)20-11-15(24-3)9-14(20)10-19(22)23/h5-8,13-15H,4,9-12H2,1-3H3,(H,22,23). The van der Waals surface area contributed by atoms with Crippen LogP contribution < -0.4 is 4.74 Å². The number of hydrogen-bond acceptors (Lipinski definition) is 4. The second kappa shape index (κ2) is 8.85. The molecule has 1 saturated heterocycles. The Labute approximate surface area is 148 Å². The number of carbonyl (C=O) groups excluding carboxylic acids is 1. The first kappa shape index (κ1) is 19.2. The van der Waals surface area contributed by atoms with E-state index in [1.54, 1.807) is 12.0 Å². The van der Waals surface area contributed by atoms with Crippen LogP contribution in [0.4, 0.5) is 0 Å². The molecule has 0 aromatic heterocycles. The number of amides is 1. The number of para-hydroxylation sites is 1. The van der Waals surface area contributed by atoms with Crippen LogP contribution in [0.5, 0.6) is 5.75 Å². The van der Waals surface area contributed by atoms with Gasteiger partial charge < -0.3 is 19.5 Å². The van der Waals surface area contributed by atoms with Crippen LogP contribution in [0.25, 0.3) is 0 Å². The fourth-order valence-corrected chi connectivity index (χ4v) is 3.21. The Hall–Kier alpha value is -2.08. The van der Waals surface area contributed by atoms with Gasteiger partial charge >= 0.3 is 5.97 Å². The van der Waals surface area contributed by atoms with Crippen molar-refractivity contribution in [1.29, 1.82) is 0 Å². The molecule has 1 aromatic rings. The van der Waals surface area contributed by atoms with Crippen LogP contribution in [0.15, 0.2) is 24.3 Å². The number of nitrogens with zero attached hydrogens (tertiary/aromatic N) is 1. The van der Waals surface area contributed by atoms with Crippen molar-refractivity contribution in [2.75, 3.05) is 20.3 Å². The summed E-state index contributed by atoms with van der Waals surface area (Å²) in [4.78, 5) is 25.2. The third kappa shape index (κ3) is 4.95. The molecule has 1 fully saturated rings. The molecule has 1 amide bonds. The number of carbonyl (C=O) groups is 2. The first-order valence-corrected chi connectivity index (χ1v) is 8.72. The van der Waals surface area contributed by atoms with Crippen LogP contribution in [0.2, 0.25) is 0 Å². The molecule has 0 spiro atoms. The Kier molecular flexibility index (Phi) is 6.82. The Balaban J connectivity index is 2.03. The zero-order valence-corrected chi connectivity index (χ0v) is 15.1. The number of aliphatic carboxylic acids is 1. The van der Waals surface area contributed by atoms with Gasteiger partial charge in [0.25, 0.3) is 5.91 Å².